The van der Waals surface area contributed by atoms with Gasteiger partial charge in [0.15, 0.2) is 11.6 Å². The van der Waals surface area contributed by atoms with Gasteiger partial charge in [-0.1, -0.05) is 18.6 Å². The van der Waals surface area contributed by atoms with Crippen LogP contribution in [0.5, 0.6) is 11.5 Å². The van der Waals surface area contributed by atoms with E-state index < -0.39 is 15.8 Å². The van der Waals surface area contributed by atoms with Gasteiger partial charge in [0.05, 0.1) is 16.7 Å². The second kappa shape index (κ2) is 14.1. The highest BCUT2D eigenvalue weighted by molar-refractivity contribution is 7.89. The van der Waals surface area contributed by atoms with Crippen LogP contribution in [0.1, 0.15) is 75.7 Å². The number of anilines is 1. The van der Waals surface area contributed by atoms with Crippen LogP contribution < -0.4 is 9.64 Å². The summed E-state index contributed by atoms with van der Waals surface area (Å²) in [6, 6.07) is 11.3. The number of halogens is 1. The molecule has 1 spiro atoms. The molecule has 2 aromatic carbocycles. The van der Waals surface area contributed by atoms with Crippen LogP contribution in [-0.2, 0) is 16.6 Å². The third-order valence-corrected chi connectivity index (χ3v) is 11.9. The van der Waals surface area contributed by atoms with Crippen LogP contribution in [0.3, 0.4) is 0 Å². The molecule has 0 aliphatic carbocycles. The lowest BCUT2D eigenvalue weighted by Gasteiger charge is -2.54. The summed E-state index contributed by atoms with van der Waals surface area (Å²) >= 11 is 0. The Hall–Kier alpha value is -3.61. The van der Waals surface area contributed by atoms with Crippen LogP contribution in [0.15, 0.2) is 59.9 Å². The highest BCUT2D eigenvalue weighted by atomic mass is 32.2. The Kier molecular flexibility index (Phi) is 10.1. The first-order chi connectivity index (χ1) is 23.0. The minimum atomic E-state index is -3.42. The molecule has 10 nitrogen and oxygen atoms in total. The van der Waals surface area contributed by atoms with Gasteiger partial charge in [0.1, 0.15) is 17.9 Å². The molecule has 1 amide bonds. The monoisotopic (exact) mass is 678 g/mol. The molecule has 3 aliphatic heterocycles. The maximum Gasteiger partial charge on any atom is 0.258 e. The van der Waals surface area contributed by atoms with Gasteiger partial charge in [0.25, 0.3) is 5.91 Å². The predicted molar refractivity (Wildman–Crippen MR) is 183 cm³/mol. The Labute approximate surface area is 284 Å². The number of rotatable bonds is 10. The number of hydrogen-bond donors (Lipinski definition) is 0. The molecule has 0 atom stereocenters. The van der Waals surface area contributed by atoms with E-state index in [0.29, 0.717) is 29.6 Å². The van der Waals surface area contributed by atoms with E-state index in [1.165, 1.54) is 24.5 Å². The second-order valence-corrected chi connectivity index (χ2v) is 16.0. The third-order valence-electron chi connectivity index (χ3n) is 9.95. The minimum absolute atomic E-state index is 0.0679. The lowest BCUT2D eigenvalue weighted by atomic mass is 9.72. The van der Waals surface area contributed by atoms with Crippen molar-refractivity contribution in [2.45, 2.75) is 83.3 Å². The van der Waals surface area contributed by atoms with E-state index in [4.69, 9.17) is 4.74 Å². The van der Waals surface area contributed by atoms with Crippen molar-refractivity contribution in [1.82, 2.24) is 24.1 Å². The molecule has 3 aliphatic rings. The molecule has 0 bridgehead atoms. The first kappa shape index (κ1) is 34.3. The summed E-state index contributed by atoms with van der Waals surface area (Å²) < 4.78 is 48.3. The molecule has 1 aromatic heterocycles. The molecule has 0 N–H and O–H groups in total. The van der Waals surface area contributed by atoms with Crippen LogP contribution in [0.4, 0.5) is 10.2 Å². The number of likely N-dealkylation sites (tertiary alicyclic amines) is 1. The highest BCUT2D eigenvalue weighted by Crippen LogP contribution is 2.45. The summed E-state index contributed by atoms with van der Waals surface area (Å²) in [6.45, 7) is 13.3. The molecule has 12 heteroatoms. The van der Waals surface area contributed by atoms with Crippen molar-refractivity contribution in [2.75, 3.05) is 44.2 Å². The van der Waals surface area contributed by atoms with Crippen molar-refractivity contribution in [2.24, 2.45) is 5.41 Å². The molecule has 4 heterocycles. The van der Waals surface area contributed by atoms with Crippen LogP contribution in [0.25, 0.3) is 0 Å². The summed E-state index contributed by atoms with van der Waals surface area (Å²) in [6.07, 6.45) is 8.12. The van der Waals surface area contributed by atoms with Gasteiger partial charge >= 0.3 is 0 Å². The molecule has 48 heavy (non-hydrogen) atoms. The van der Waals surface area contributed by atoms with Gasteiger partial charge < -0.3 is 14.5 Å². The number of hydrogen-bond acceptors (Lipinski definition) is 8. The van der Waals surface area contributed by atoms with Crippen molar-refractivity contribution < 1.29 is 22.3 Å². The second-order valence-electron chi connectivity index (χ2n) is 14.1. The molecule has 3 fully saturated rings. The molecular weight excluding hydrogens is 631 g/mol. The van der Waals surface area contributed by atoms with Crippen LogP contribution >= 0.6 is 0 Å². The topological polar surface area (TPSA) is 99.2 Å². The van der Waals surface area contributed by atoms with Gasteiger partial charge in [-0.05, 0) is 102 Å². The van der Waals surface area contributed by atoms with E-state index in [2.05, 4.69) is 19.8 Å². The number of aromatic nitrogens is 2. The predicted octanol–water partition coefficient (Wildman–Crippen LogP) is 5.94. The Morgan fingerprint density at radius 1 is 0.938 bits per heavy atom. The number of carbonyl (C=O) groups is 1. The fourth-order valence-corrected chi connectivity index (χ4v) is 8.91. The van der Waals surface area contributed by atoms with E-state index in [1.54, 1.807) is 27.5 Å². The van der Waals surface area contributed by atoms with Crippen molar-refractivity contribution in [3.8, 4) is 11.5 Å². The highest BCUT2D eigenvalue weighted by Gasteiger charge is 2.46. The fourth-order valence-electron chi connectivity index (χ4n) is 7.40. The Balaban J connectivity index is 1.07. The van der Waals surface area contributed by atoms with E-state index in [9.17, 15) is 17.6 Å². The summed E-state index contributed by atoms with van der Waals surface area (Å²) in [5.41, 5.74) is 1.46. The summed E-state index contributed by atoms with van der Waals surface area (Å²) in [5.74, 6) is 0.559. The molecular formula is C36H47FN6O4S. The minimum Gasteiger partial charge on any atom is -0.451 e. The zero-order valence-electron chi connectivity index (χ0n) is 28.4. The molecule has 0 unspecified atom stereocenters. The number of ether oxygens (including phenoxy) is 1. The van der Waals surface area contributed by atoms with Crippen molar-refractivity contribution in [3.63, 3.8) is 0 Å². The molecule has 258 valence electrons. The largest absolute Gasteiger partial charge is 0.451 e. The third kappa shape index (κ3) is 7.21. The number of sulfonamides is 1. The molecule has 3 saturated heterocycles. The first-order valence-corrected chi connectivity index (χ1v) is 18.6. The smallest absolute Gasteiger partial charge is 0.258 e. The van der Waals surface area contributed by atoms with Crippen LogP contribution in [0.2, 0.25) is 0 Å². The zero-order valence-corrected chi connectivity index (χ0v) is 29.3. The number of nitrogens with zero attached hydrogens (tertiary/aromatic N) is 6. The first-order valence-electron chi connectivity index (χ1n) is 17.1. The average Bonchev–Trinajstić information content (AvgIpc) is 3.05. The van der Waals surface area contributed by atoms with E-state index in [0.717, 1.165) is 70.4 Å². The molecule has 0 saturated carbocycles. The normalized spacial score (nSPS) is 18.7. The van der Waals surface area contributed by atoms with E-state index in [1.807, 2.05) is 39.8 Å². The number of piperidine rings is 2. The van der Waals surface area contributed by atoms with Gasteiger partial charge in [0, 0.05) is 50.2 Å². The number of carbonyl (C=O) groups excluding carboxylic acids is 1. The Morgan fingerprint density at radius 2 is 1.60 bits per heavy atom. The van der Waals surface area contributed by atoms with Gasteiger partial charge in [-0.3, -0.25) is 9.69 Å². The Morgan fingerprint density at radius 3 is 2.25 bits per heavy atom. The Bertz CT molecular complexity index is 1690. The maximum atomic E-state index is 14.4. The zero-order chi connectivity index (χ0) is 34.1. The van der Waals surface area contributed by atoms with Gasteiger partial charge in [-0.15, -0.1) is 0 Å². The lowest BCUT2D eigenvalue weighted by molar-refractivity contribution is 0.0640. The lowest BCUT2D eigenvalue weighted by Crippen LogP contribution is -2.60. The van der Waals surface area contributed by atoms with Crippen molar-refractivity contribution >= 4 is 21.7 Å². The summed E-state index contributed by atoms with van der Waals surface area (Å²) in [4.78, 5) is 29.0. The fraction of sp³-hybridized carbons (Fsp3) is 0.528. The maximum absolute atomic E-state index is 14.4. The summed E-state index contributed by atoms with van der Waals surface area (Å²) in [5, 5.41) is 0. The van der Waals surface area contributed by atoms with Gasteiger partial charge in [-0.25, -0.2) is 22.8 Å². The number of benzene rings is 2. The van der Waals surface area contributed by atoms with E-state index in [-0.39, 0.29) is 34.7 Å². The van der Waals surface area contributed by atoms with Crippen LogP contribution in [0, 0.1) is 11.2 Å². The van der Waals surface area contributed by atoms with E-state index >= 15 is 0 Å². The average molecular weight is 679 g/mol. The van der Waals surface area contributed by atoms with Gasteiger partial charge in [-0.2, -0.15) is 4.31 Å². The molecule has 0 radical (unpaired) electrons. The van der Waals surface area contributed by atoms with Crippen molar-refractivity contribution in [3.05, 3.63) is 71.9 Å². The van der Waals surface area contributed by atoms with Crippen molar-refractivity contribution in [1.29, 1.82) is 0 Å². The summed E-state index contributed by atoms with van der Waals surface area (Å²) in [7, 11) is -3.42. The molecule has 3 aromatic rings. The standard InChI is InChI=1S/C36H47FN6O4S/c1-26(2)43(27(3)4)35(44)31-20-29(37)10-13-32(31)47-33-21-38-25-39-34(33)41-23-36(24-41)14-18-40(19-15-36)22-28-8-11-30(12-9-28)48(45,46)42-16-6-5-7-17-42/h8-13,20-21,25-27H,5-7,14-19,22-24H2,1-4H3. The molecule has 6 rings (SSSR count). The van der Waals surface area contributed by atoms with Crippen LogP contribution in [-0.4, -0.2) is 89.8 Å². The SMILES string of the molecule is CC(C)N(C(=O)c1cc(F)ccc1Oc1cncnc1N1CC2(CCN(Cc3ccc(S(=O)(=O)N4CCCCC4)cc3)CC2)C1)C(C)C. The number of amides is 1. The quantitative estimate of drug-likeness (QED) is 0.260. The van der Waals surface area contributed by atoms with Gasteiger partial charge in [0.2, 0.25) is 10.0 Å².